The summed E-state index contributed by atoms with van der Waals surface area (Å²) in [7, 11) is 0. The molecule has 0 bridgehead atoms. The third-order valence-electron chi connectivity index (χ3n) is 5.27. The highest BCUT2D eigenvalue weighted by molar-refractivity contribution is 6.07. The van der Waals surface area contributed by atoms with E-state index in [0.29, 0.717) is 36.8 Å². The molecule has 0 aliphatic rings. The van der Waals surface area contributed by atoms with Crippen LogP contribution >= 0.6 is 0 Å². The van der Waals surface area contributed by atoms with Gasteiger partial charge in [0, 0.05) is 30.2 Å². The Labute approximate surface area is 193 Å². The van der Waals surface area contributed by atoms with Crippen LogP contribution in [0.4, 0.5) is 0 Å². The summed E-state index contributed by atoms with van der Waals surface area (Å²) in [5.74, 6) is 1.21. The lowest BCUT2D eigenvalue weighted by molar-refractivity contribution is 0.0952. The Kier molecular flexibility index (Phi) is 6.88. The number of ether oxygens (including phenoxy) is 2. The van der Waals surface area contributed by atoms with Crippen LogP contribution in [0.2, 0.25) is 0 Å². The highest BCUT2D eigenvalue weighted by atomic mass is 16.5. The van der Waals surface area contributed by atoms with E-state index in [4.69, 9.17) is 14.5 Å². The fourth-order valence-corrected chi connectivity index (χ4v) is 3.66. The highest BCUT2D eigenvalue weighted by Gasteiger charge is 2.15. The van der Waals surface area contributed by atoms with Crippen molar-refractivity contribution < 1.29 is 14.3 Å². The molecule has 7 heteroatoms. The van der Waals surface area contributed by atoms with E-state index in [1.807, 2.05) is 80.2 Å². The van der Waals surface area contributed by atoms with E-state index in [2.05, 4.69) is 10.4 Å². The third kappa shape index (κ3) is 4.98. The Morgan fingerprint density at radius 3 is 2.55 bits per heavy atom. The third-order valence-corrected chi connectivity index (χ3v) is 5.27. The van der Waals surface area contributed by atoms with Gasteiger partial charge in [0.05, 0.1) is 36.2 Å². The molecule has 4 rings (SSSR count). The zero-order valence-corrected chi connectivity index (χ0v) is 19.2. The number of hydrogen-bond donors (Lipinski definition) is 1. The summed E-state index contributed by atoms with van der Waals surface area (Å²) in [6, 6.07) is 15.2. The summed E-state index contributed by atoms with van der Waals surface area (Å²) in [5.41, 5.74) is 3.88. The standard InChI is InChI=1S/C26H28N4O3/c1-4-30-17-19(16-28-30)23-14-21(20-9-7-8-10-22(20)29-23)26(31)27-15-18-11-12-24(32-5-2)25(13-18)33-6-3/h7-14,16-17H,4-6,15H2,1-3H3,(H,27,31). The number of pyridine rings is 1. The zero-order chi connectivity index (χ0) is 23.2. The molecule has 0 aliphatic heterocycles. The SMILES string of the molecule is CCOc1ccc(CNC(=O)c2cc(-c3cnn(CC)c3)nc3ccccc23)cc1OCC. The van der Waals surface area contributed by atoms with Gasteiger partial charge in [0.15, 0.2) is 11.5 Å². The van der Waals surface area contributed by atoms with Crippen LogP contribution < -0.4 is 14.8 Å². The minimum atomic E-state index is -0.162. The highest BCUT2D eigenvalue weighted by Crippen LogP contribution is 2.29. The summed E-state index contributed by atoms with van der Waals surface area (Å²) in [6.45, 7) is 8.13. The first kappa shape index (κ1) is 22.3. The minimum absolute atomic E-state index is 0.162. The van der Waals surface area contributed by atoms with Crippen LogP contribution in [0.25, 0.3) is 22.2 Å². The van der Waals surface area contributed by atoms with Crippen LogP contribution in [0.3, 0.4) is 0 Å². The van der Waals surface area contributed by atoms with Crippen LogP contribution in [0.15, 0.2) is 60.9 Å². The van der Waals surface area contributed by atoms with Gasteiger partial charge >= 0.3 is 0 Å². The molecule has 2 aromatic carbocycles. The molecule has 4 aromatic rings. The maximum Gasteiger partial charge on any atom is 0.252 e. The molecule has 1 N–H and O–H groups in total. The first-order valence-electron chi connectivity index (χ1n) is 11.2. The molecule has 0 atom stereocenters. The Bertz CT molecular complexity index is 1270. The Balaban J connectivity index is 1.61. The van der Waals surface area contributed by atoms with Gasteiger partial charge in [0.25, 0.3) is 5.91 Å². The molecule has 0 radical (unpaired) electrons. The molecule has 0 aliphatic carbocycles. The van der Waals surface area contributed by atoms with Gasteiger partial charge in [-0.15, -0.1) is 0 Å². The van der Waals surface area contributed by atoms with Crippen LogP contribution in [0.5, 0.6) is 11.5 Å². The maximum atomic E-state index is 13.2. The average molecular weight is 445 g/mol. The zero-order valence-electron chi connectivity index (χ0n) is 19.2. The lowest BCUT2D eigenvalue weighted by atomic mass is 10.0. The fourth-order valence-electron chi connectivity index (χ4n) is 3.66. The number of carbonyl (C=O) groups is 1. The monoisotopic (exact) mass is 444 g/mol. The van der Waals surface area contributed by atoms with Crippen LogP contribution in [-0.4, -0.2) is 33.9 Å². The van der Waals surface area contributed by atoms with E-state index in [1.165, 1.54) is 0 Å². The number of aromatic nitrogens is 3. The van der Waals surface area contributed by atoms with Gasteiger partial charge < -0.3 is 14.8 Å². The largest absolute Gasteiger partial charge is 0.490 e. The molecular formula is C26H28N4O3. The minimum Gasteiger partial charge on any atom is -0.490 e. The van der Waals surface area contributed by atoms with Crippen molar-refractivity contribution in [2.24, 2.45) is 0 Å². The van der Waals surface area contributed by atoms with Gasteiger partial charge in [0.1, 0.15) is 0 Å². The Morgan fingerprint density at radius 2 is 1.79 bits per heavy atom. The number of para-hydroxylation sites is 1. The number of aryl methyl sites for hydroxylation is 1. The summed E-state index contributed by atoms with van der Waals surface area (Å²) >= 11 is 0. The summed E-state index contributed by atoms with van der Waals surface area (Å²) in [5, 5.41) is 8.19. The van der Waals surface area contributed by atoms with Crippen LogP contribution in [0, 0.1) is 0 Å². The predicted octanol–water partition coefficient (Wildman–Crippen LogP) is 4.85. The number of carbonyl (C=O) groups excluding carboxylic acids is 1. The van der Waals surface area contributed by atoms with Crippen molar-refractivity contribution in [3.63, 3.8) is 0 Å². The quantitative estimate of drug-likeness (QED) is 0.399. The topological polar surface area (TPSA) is 78.3 Å². The molecule has 0 unspecified atom stereocenters. The van der Waals surface area contributed by atoms with Crippen molar-refractivity contribution in [2.45, 2.75) is 33.9 Å². The number of fused-ring (bicyclic) bond motifs is 1. The molecule has 2 aromatic heterocycles. The van der Waals surface area contributed by atoms with Crippen molar-refractivity contribution in [3.8, 4) is 22.8 Å². The van der Waals surface area contributed by atoms with Gasteiger partial charge in [-0.25, -0.2) is 4.98 Å². The van der Waals surface area contributed by atoms with E-state index in [1.54, 1.807) is 6.20 Å². The van der Waals surface area contributed by atoms with Crippen LogP contribution in [0.1, 0.15) is 36.7 Å². The number of benzene rings is 2. The summed E-state index contributed by atoms with van der Waals surface area (Å²) in [4.78, 5) is 18.0. The number of hydrogen-bond acceptors (Lipinski definition) is 5. The second-order valence-corrected chi connectivity index (χ2v) is 7.49. The van der Waals surface area contributed by atoms with E-state index in [0.717, 1.165) is 34.3 Å². The maximum absolute atomic E-state index is 13.2. The normalized spacial score (nSPS) is 10.9. The number of nitrogens with one attached hydrogen (secondary N) is 1. The lowest BCUT2D eigenvalue weighted by Crippen LogP contribution is -2.23. The first-order valence-corrected chi connectivity index (χ1v) is 11.2. The van der Waals surface area contributed by atoms with Gasteiger partial charge in [-0.05, 0) is 50.6 Å². The fraction of sp³-hybridized carbons (Fsp3) is 0.269. The second kappa shape index (κ2) is 10.2. The van der Waals surface area contributed by atoms with Gasteiger partial charge in [-0.2, -0.15) is 5.10 Å². The molecule has 0 saturated carbocycles. The molecule has 1 amide bonds. The van der Waals surface area contributed by atoms with Gasteiger partial charge in [0.2, 0.25) is 0 Å². The molecule has 2 heterocycles. The molecule has 0 spiro atoms. The number of amides is 1. The lowest BCUT2D eigenvalue weighted by Gasteiger charge is -2.13. The van der Waals surface area contributed by atoms with Crippen molar-refractivity contribution in [1.82, 2.24) is 20.1 Å². The molecule has 7 nitrogen and oxygen atoms in total. The molecular weight excluding hydrogens is 416 g/mol. The molecule has 0 saturated heterocycles. The second-order valence-electron chi connectivity index (χ2n) is 7.49. The summed E-state index contributed by atoms with van der Waals surface area (Å²) in [6.07, 6.45) is 3.71. The first-order chi connectivity index (χ1) is 16.1. The van der Waals surface area contributed by atoms with E-state index in [-0.39, 0.29) is 5.91 Å². The van der Waals surface area contributed by atoms with Crippen molar-refractivity contribution >= 4 is 16.8 Å². The van der Waals surface area contributed by atoms with E-state index in [9.17, 15) is 4.79 Å². The Morgan fingerprint density at radius 1 is 1.00 bits per heavy atom. The van der Waals surface area contributed by atoms with Crippen molar-refractivity contribution in [1.29, 1.82) is 0 Å². The molecule has 33 heavy (non-hydrogen) atoms. The average Bonchev–Trinajstić information content (AvgIpc) is 3.33. The van der Waals surface area contributed by atoms with Gasteiger partial charge in [-0.1, -0.05) is 24.3 Å². The van der Waals surface area contributed by atoms with E-state index < -0.39 is 0 Å². The summed E-state index contributed by atoms with van der Waals surface area (Å²) < 4.78 is 13.2. The van der Waals surface area contributed by atoms with Crippen molar-refractivity contribution in [2.75, 3.05) is 13.2 Å². The molecule has 170 valence electrons. The number of nitrogens with zero attached hydrogens (tertiary/aromatic N) is 3. The smallest absolute Gasteiger partial charge is 0.252 e. The van der Waals surface area contributed by atoms with Crippen molar-refractivity contribution in [3.05, 3.63) is 72.1 Å². The number of rotatable bonds is 9. The molecule has 0 fully saturated rings. The Hall–Kier alpha value is -3.87. The van der Waals surface area contributed by atoms with Crippen LogP contribution in [-0.2, 0) is 13.1 Å². The predicted molar refractivity (Wildman–Crippen MR) is 129 cm³/mol. The van der Waals surface area contributed by atoms with E-state index >= 15 is 0 Å². The van der Waals surface area contributed by atoms with Gasteiger partial charge in [-0.3, -0.25) is 9.48 Å².